The molecule has 0 radical (unpaired) electrons. The van der Waals surface area contributed by atoms with Crippen molar-refractivity contribution in [2.24, 2.45) is 11.8 Å². The minimum Gasteiger partial charge on any atom is -0.0502 e. The summed E-state index contributed by atoms with van der Waals surface area (Å²) in [5, 5.41) is 0. The number of rotatable bonds is 2. The van der Waals surface area contributed by atoms with E-state index in [4.69, 9.17) is 0 Å². The molecule has 2 saturated carbocycles. The topological polar surface area (TPSA) is 0 Å². The van der Waals surface area contributed by atoms with E-state index in [0.717, 1.165) is 0 Å². The zero-order chi connectivity index (χ0) is 4.69. The van der Waals surface area contributed by atoms with Crippen molar-refractivity contribution in [1.82, 2.24) is 0 Å². The first-order valence-corrected chi connectivity index (χ1v) is 3.45. The molecular weight excluding hydrogens is 84.1 g/mol. The van der Waals surface area contributed by atoms with Crippen LogP contribution < -0.4 is 0 Å². The molecule has 2 fully saturated rings. The summed E-state index contributed by atoms with van der Waals surface area (Å²) in [5.74, 6) is 2.37. The third-order valence-corrected chi connectivity index (χ3v) is 2.06. The molecule has 0 N–H and O–H groups in total. The highest BCUT2D eigenvalue weighted by Crippen LogP contribution is 2.43. The van der Waals surface area contributed by atoms with Crippen LogP contribution in [-0.4, -0.2) is 0 Å². The smallest absolute Gasteiger partial charge is 0.0411 e. The van der Waals surface area contributed by atoms with Crippen LogP contribution in [0, 0.1) is 11.8 Å². The van der Waals surface area contributed by atoms with Gasteiger partial charge in [0, 0.05) is 0 Å². The van der Waals surface area contributed by atoms with Gasteiger partial charge in [-0.05, 0) is 18.3 Å². The van der Waals surface area contributed by atoms with Crippen molar-refractivity contribution in [3.63, 3.8) is 0 Å². The van der Waals surface area contributed by atoms with E-state index in [2.05, 4.69) is 0 Å². The second-order valence-electron chi connectivity index (χ2n) is 3.12. The second kappa shape index (κ2) is 1.24. The van der Waals surface area contributed by atoms with Crippen LogP contribution in [0.2, 0.25) is 0 Å². The van der Waals surface area contributed by atoms with Gasteiger partial charge in [0.1, 0.15) is 0 Å². The average molecular weight is 96.2 g/mol. The van der Waals surface area contributed by atoms with Gasteiger partial charge >= 0.3 is 0 Å². The van der Waals surface area contributed by atoms with Gasteiger partial charge in [-0.3, -0.25) is 0 Å². The highest BCUT2D eigenvalue weighted by atomic mass is 14.4. The maximum atomic E-state index is 1.58. The molecule has 0 atom stereocenters. The van der Waals surface area contributed by atoms with E-state index in [0.29, 0.717) is 0 Å². The average Bonchev–Trinajstić information content (AvgIpc) is 2.33. The van der Waals surface area contributed by atoms with E-state index in [9.17, 15) is 0 Å². The van der Waals surface area contributed by atoms with Crippen molar-refractivity contribution < 1.29 is 0 Å². The maximum Gasteiger partial charge on any atom is -0.0411 e. The van der Waals surface area contributed by atoms with Gasteiger partial charge in [0.2, 0.25) is 0 Å². The zero-order valence-electron chi connectivity index (χ0n) is 4.69. The Labute approximate surface area is 44.9 Å². The maximum absolute atomic E-state index is 1.58. The van der Waals surface area contributed by atoms with E-state index in [1.165, 1.54) is 11.8 Å². The lowest BCUT2D eigenvalue weighted by molar-refractivity contribution is 0.652. The van der Waals surface area contributed by atoms with E-state index in [1.54, 1.807) is 32.1 Å². The number of hydrogen-bond donors (Lipinski definition) is 0. The van der Waals surface area contributed by atoms with Crippen molar-refractivity contribution in [2.45, 2.75) is 32.1 Å². The summed E-state index contributed by atoms with van der Waals surface area (Å²) in [4.78, 5) is 0. The molecule has 7 heavy (non-hydrogen) atoms. The molecule has 0 amide bonds. The molecule has 0 unspecified atom stereocenters. The molecule has 2 aliphatic rings. The summed E-state index contributed by atoms with van der Waals surface area (Å²) < 4.78 is 0. The lowest BCUT2D eigenvalue weighted by atomic mass is 10.2. The monoisotopic (exact) mass is 96.1 g/mol. The Morgan fingerprint density at radius 2 is 1.29 bits per heavy atom. The van der Waals surface area contributed by atoms with Crippen LogP contribution in [0.5, 0.6) is 0 Å². The summed E-state index contributed by atoms with van der Waals surface area (Å²) in [7, 11) is 0. The Morgan fingerprint density at radius 3 is 1.57 bits per heavy atom. The van der Waals surface area contributed by atoms with Gasteiger partial charge in [0.15, 0.2) is 0 Å². The molecule has 0 nitrogen and oxygen atoms in total. The molecule has 0 bridgehead atoms. The fraction of sp³-hybridized carbons (Fsp3) is 1.00. The quantitative estimate of drug-likeness (QED) is 0.494. The Bertz CT molecular complexity index is 58.1. The molecule has 40 valence electrons. The second-order valence-corrected chi connectivity index (χ2v) is 3.12. The van der Waals surface area contributed by atoms with Crippen molar-refractivity contribution in [1.29, 1.82) is 0 Å². The lowest BCUT2D eigenvalue weighted by Crippen LogP contribution is -1.75. The Kier molecular flexibility index (Phi) is 0.697. The van der Waals surface area contributed by atoms with Crippen LogP contribution in [0.4, 0.5) is 0 Å². The zero-order valence-corrected chi connectivity index (χ0v) is 4.69. The number of hydrogen-bond acceptors (Lipinski definition) is 0. The van der Waals surface area contributed by atoms with Gasteiger partial charge < -0.3 is 0 Å². The van der Waals surface area contributed by atoms with Gasteiger partial charge in [-0.1, -0.05) is 25.7 Å². The van der Waals surface area contributed by atoms with Crippen LogP contribution in [-0.2, 0) is 0 Å². The highest BCUT2D eigenvalue weighted by Gasteiger charge is 2.30. The minimum atomic E-state index is 1.19. The van der Waals surface area contributed by atoms with Crippen LogP contribution in [0.1, 0.15) is 32.1 Å². The highest BCUT2D eigenvalue weighted by molar-refractivity contribution is 4.82. The summed E-state index contributed by atoms with van der Waals surface area (Å²) >= 11 is 0. The first-order valence-electron chi connectivity index (χ1n) is 3.45. The fourth-order valence-corrected chi connectivity index (χ4v) is 1.18. The molecule has 0 aromatic carbocycles. The summed E-state index contributed by atoms with van der Waals surface area (Å²) in [6.45, 7) is 0. The van der Waals surface area contributed by atoms with E-state index >= 15 is 0 Å². The van der Waals surface area contributed by atoms with Gasteiger partial charge in [-0.15, -0.1) is 0 Å². The summed E-state index contributed by atoms with van der Waals surface area (Å²) in [6, 6.07) is 0. The molecule has 0 spiro atoms. The Balaban J connectivity index is 1.69. The van der Waals surface area contributed by atoms with Crippen LogP contribution in [0.25, 0.3) is 0 Å². The predicted octanol–water partition coefficient (Wildman–Crippen LogP) is 2.20. The van der Waals surface area contributed by atoms with Crippen molar-refractivity contribution in [3.05, 3.63) is 0 Å². The molecule has 0 aromatic heterocycles. The van der Waals surface area contributed by atoms with Crippen LogP contribution in [0.3, 0.4) is 0 Å². The molecule has 2 aliphatic carbocycles. The van der Waals surface area contributed by atoms with Gasteiger partial charge in [-0.25, -0.2) is 0 Å². The van der Waals surface area contributed by atoms with E-state index < -0.39 is 0 Å². The minimum absolute atomic E-state index is 1.19. The van der Waals surface area contributed by atoms with Gasteiger partial charge in [0.25, 0.3) is 0 Å². The normalized spacial score (nSPS) is 30.9. The third kappa shape index (κ3) is 0.960. The first-order chi connectivity index (χ1) is 3.45. The van der Waals surface area contributed by atoms with E-state index in [-0.39, 0.29) is 0 Å². The molecular formula is C7H12. The Hall–Kier alpha value is 0. The largest absolute Gasteiger partial charge is 0.0502 e. The first kappa shape index (κ1) is 3.94. The SMILES string of the molecule is C1CC1CC1CC1. The Morgan fingerprint density at radius 1 is 0.857 bits per heavy atom. The molecule has 0 aromatic rings. The third-order valence-electron chi connectivity index (χ3n) is 2.06. The fourth-order valence-electron chi connectivity index (χ4n) is 1.18. The lowest BCUT2D eigenvalue weighted by Gasteiger charge is -1.86. The molecule has 2 rings (SSSR count). The van der Waals surface area contributed by atoms with Gasteiger partial charge in [0.05, 0.1) is 0 Å². The molecule has 0 heteroatoms. The van der Waals surface area contributed by atoms with Crippen LogP contribution >= 0.6 is 0 Å². The van der Waals surface area contributed by atoms with Crippen LogP contribution in [0.15, 0.2) is 0 Å². The summed E-state index contributed by atoms with van der Waals surface area (Å²) in [6.07, 6.45) is 7.79. The standard InChI is InChI=1S/C7H12/c1-2-6(1)5-7-3-4-7/h6-7H,1-5H2. The van der Waals surface area contributed by atoms with Crippen molar-refractivity contribution >= 4 is 0 Å². The van der Waals surface area contributed by atoms with Crippen molar-refractivity contribution in [3.8, 4) is 0 Å². The van der Waals surface area contributed by atoms with Crippen molar-refractivity contribution in [2.75, 3.05) is 0 Å². The van der Waals surface area contributed by atoms with E-state index in [1.807, 2.05) is 0 Å². The van der Waals surface area contributed by atoms with Gasteiger partial charge in [-0.2, -0.15) is 0 Å². The molecule has 0 saturated heterocycles. The molecule has 0 aliphatic heterocycles. The predicted molar refractivity (Wildman–Crippen MR) is 30.1 cm³/mol. The molecule has 0 heterocycles. The summed E-state index contributed by atoms with van der Waals surface area (Å²) in [5.41, 5.74) is 0.